The molecule has 1 aromatic heterocycles. The van der Waals surface area contributed by atoms with Gasteiger partial charge in [-0.15, -0.1) is 0 Å². The molecule has 5 heteroatoms. The van der Waals surface area contributed by atoms with Crippen molar-refractivity contribution in [3.8, 4) is 0 Å². The Morgan fingerprint density at radius 2 is 2.20 bits per heavy atom. The van der Waals surface area contributed by atoms with Crippen LogP contribution in [0.3, 0.4) is 0 Å². The maximum absolute atomic E-state index is 12.2. The predicted molar refractivity (Wildman–Crippen MR) is 97.3 cm³/mol. The Hall–Kier alpha value is -2.11. The van der Waals surface area contributed by atoms with Crippen molar-refractivity contribution >= 4 is 11.6 Å². The number of rotatable bonds is 7. The fourth-order valence-electron chi connectivity index (χ4n) is 3.48. The first-order valence-electron chi connectivity index (χ1n) is 8.94. The van der Waals surface area contributed by atoms with Crippen LogP contribution >= 0.6 is 0 Å². The van der Waals surface area contributed by atoms with Crippen molar-refractivity contribution < 1.29 is 14.3 Å². The lowest BCUT2D eigenvalue weighted by Crippen LogP contribution is -2.33. The normalized spacial score (nSPS) is 19.0. The standard InChI is InChI=1S/C20H26N2O3/c1-15-6-2-3-8-17(15)21-20(24)10-12-22-11-4-7-16(22)14-18(23)19-9-5-13-25-19/h2-3,5-6,8-9,13,16,18,23H,4,7,10-12,14H2,1H3,(H,21,24). The maximum Gasteiger partial charge on any atom is 0.225 e. The smallest absolute Gasteiger partial charge is 0.225 e. The number of carbonyl (C=O) groups is 1. The van der Waals surface area contributed by atoms with Crippen molar-refractivity contribution in [2.24, 2.45) is 0 Å². The van der Waals surface area contributed by atoms with E-state index in [1.807, 2.05) is 31.2 Å². The Labute approximate surface area is 148 Å². The first-order chi connectivity index (χ1) is 12.1. The molecule has 5 nitrogen and oxygen atoms in total. The van der Waals surface area contributed by atoms with Gasteiger partial charge in [0.1, 0.15) is 11.9 Å². The number of aryl methyl sites for hydroxylation is 1. The van der Waals surface area contributed by atoms with Gasteiger partial charge in [-0.3, -0.25) is 9.69 Å². The van der Waals surface area contributed by atoms with E-state index in [2.05, 4.69) is 10.2 Å². The number of benzene rings is 1. The third kappa shape index (κ3) is 4.71. The third-order valence-corrected chi connectivity index (χ3v) is 4.91. The second-order valence-electron chi connectivity index (χ2n) is 6.71. The molecule has 1 aliphatic rings. The molecule has 25 heavy (non-hydrogen) atoms. The number of aliphatic hydroxyl groups excluding tert-OH is 1. The fourth-order valence-corrected chi connectivity index (χ4v) is 3.48. The monoisotopic (exact) mass is 342 g/mol. The van der Waals surface area contributed by atoms with E-state index in [1.54, 1.807) is 18.4 Å². The molecule has 2 unspecified atom stereocenters. The van der Waals surface area contributed by atoms with E-state index < -0.39 is 6.10 Å². The largest absolute Gasteiger partial charge is 0.467 e. The van der Waals surface area contributed by atoms with Gasteiger partial charge in [0.2, 0.25) is 5.91 Å². The molecule has 2 N–H and O–H groups in total. The number of nitrogens with zero attached hydrogens (tertiary/aromatic N) is 1. The van der Waals surface area contributed by atoms with E-state index in [0.29, 0.717) is 31.2 Å². The molecular formula is C20H26N2O3. The number of anilines is 1. The van der Waals surface area contributed by atoms with Gasteiger partial charge < -0.3 is 14.8 Å². The van der Waals surface area contributed by atoms with Crippen LogP contribution in [0.15, 0.2) is 47.1 Å². The summed E-state index contributed by atoms with van der Waals surface area (Å²) in [5, 5.41) is 13.3. The van der Waals surface area contributed by atoms with Crippen molar-refractivity contribution in [1.82, 2.24) is 4.90 Å². The van der Waals surface area contributed by atoms with Gasteiger partial charge in [-0.25, -0.2) is 0 Å². The second kappa shape index (κ2) is 8.32. The summed E-state index contributed by atoms with van der Waals surface area (Å²) in [5.41, 5.74) is 1.94. The maximum atomic E-state index is 12.2. The molecule has 0 radical (unpaired) electrons. The van der Waals surface area contributed by atoms with E-state index in [1.165, 1.54) is 0 Å². The molecule has 2 heterocycles. The molecule has 0 saturated carbocycles. The van der Waals surface area contributed by atoms with Crippen LogP contribution in [-0.4, -0.2) is 35.0 Å². The molecule has 2 atom stereocenters. The number of aliphatic hydroxyl groups is 1. The summed E-state index contributed by atoms with van der Waals surface area (Å²) < 4.78 is 5.28. The Kier molecular flexibility index (Phi) is 5.89. The van der Waals surface area contributed by atoms with Crippen molar-refractivity contribution in [3.05, 3.63) is 54.0 Å². The number of furan rings is 1. The van der Waals surface area contributed by atoms with E-state index in [0.717, 1.165) is 30.6 Å². The number of nitrogens with one attached hydrogen (secondary N) is 1. The minimum Gasteiger partial charge on any atom is -0.467 e. The Morgan fingerprint density at radius 1 is 1.36 bits per heavy atom. The first kappa shape index (κ1) is 17.7. The van der Waals surface area contributed by atoms with Crippen LogP contribution in [0.5, 0.6) is 0 Å². The summed E-state index contributed by atoms with van der Waals surface area (Å²) in [4.78, 5) is 14.5. The highest BCUT2D eigenvalue weighted by Gasteiger charge is 2.28. The van der Waals surface area contributed by atoms with Crippen LogP contribution in [0.4, 0.5) is 5.69 Å². The molecule has 1 aromatic carbocycles. The van der Waals surface area contributed by atoms with Gasteiger partial charge in [-0.2, -0.15) is 0 Å². The van der Waals surface area contributed by atoms with E-state index >= 15 is 0 Å². The van der Waals surface area contributed by atoms with Gasteiger partial charge in [0, 0.05) is 24.7 Å². The van der Waals surface area contributed by atoms with Crippen LogP contribution < -0.4 is 5.32 Å². The van der Waals surface area contributed by atoms with E-state index in [-0.39, 0.29) is 5.91 Å². The number of carbonyl (C=O) groups excluding carboxylic acids is 1. The summed E-state index contributed by atoms with van der Waals surface area (Å²) in [6.07, 6.45) is 4.27. The molecule has 134 valence electrons. The minimum atomic E-state index is -0.582. The van der Waals surface area contributed by atoms with Gasteiger partial charge in [0.15, 0.2) is 0 Å². The average molecular weight is 342 g/mol. The Morgan fingerprint density at radius 3 is 2.96 bits per heavy atom. The zero-order valence-electron chi connectivity index (χ0n) is 14.6. The van der Waals surface area contributed by atoms with E-state index in [9.17, 15) is 9.90 Å². The summed E-state index contributed by atoms with van der Waals surface area (Å²) in [7, 11) is 0. The molecule has 3 rings (SSSR count). The summed E-state index contributed by atoms with van der Waals surface area (Å²) in [5.74, 6) is 0.649. The number of amides is 1. The van der Waals surface area contributed by atoms with E-state index in [4.69, 9.17) is 4.42 Å². The highest BCUT2D eigenvalue weighted by atomic mass is 16.4. The molecule has 1 fully saturated rings. The van der Waals surface area contributed by atoms with Crippen molar-refractivity contribution in [3.63, 3.8) is 0 Å². The van der Waals surface area contributed by atoms with Crippen LogP contribution in [0.2, 0.25) is 0 Å². The molecule has 2 aromatic rings. The number of hydrogen-bond donors (Lipinski definition) is 2. The van der Waals surface area contributed by atoms with Gasteiger partial charge in [0.05, 0.1) is 6.26 Å². The molecular weight excluding hydrogens is 316 g/mol. The topological polar surface area (TPSA) is 65.7 Å². The lowest BCUT2D eigenvalue weighted by atomic mass is 10.1. The molecule has 1 amide bonds. The van der Waals surface area contributed by atoms with Crippen molar-refractivity contribution in [2.75, 3.05) is 18.4 Å². The lowest BCUT2D eigenvalue weighted by Gasteiger charge is -2.25. The lowest BCUT2D eigenvalue weighted by molar-refractivity contribution is -0.116. The van der Waals surface area contributed by atoms with Crippen LogP contribution in [0, 0.1) is 6.92 Å². The predicted octanol–water partition coefficient (Wildman–Crippen LogP) is 3.50. The van der Waals surface area contributed by atoms with Gasteiger partial charge in [-0.05, 0) is 56.5 Å². The summed E-state index contributed by atoms with van der Waals surface area (Å²) >= 11 is 0. The number of para-hydroxylation sites is 1. The van der Waals surface area contributed by atoms with Gasteiger partial charge in [-0.1, -0.05) is 18.2 Å². The first-order valence-corrected chi connectivity index (χ1v) is 8.94. The zero-order valence-corrected chi connectivity index (χ0v) is 14.6. The van der Waals surface area contributed by atoms with Crippen LogP contribution in [-0.2, 0) is 4.79 Å². The molecule has 1 saturated heterocycles. The summed E-state index contributed by atoms with van der Waals surface area (Å²) in [6, 6.07) is 11.7. The van der Waals surface area contributed by atoms with Gasteiger partial charge >= 0.3 is 0 Å². The quantitative estimate of drug-likeness (QED) is 0.808. The average Bonchev–Trinajstić information content (AvgIpc) is 3.27. The number of likely N-dealkylation sites (tertiary alicyclic amines) is 1. The minimum absolute atomic E-state index is 0.0338. The van der Waals surface area contributed by atoms with Crippen LogP contribution in [0.25, 0.3) is 0 Å². The molecule has 1 aliphatic heterocycles. The third-order valence-electron chi connectivity index (χ3n) is 4.91. The second-order valence-corrected chi connectivity index (χ2v) is 6.71. The number of hydrogen-bond acceptors (Lipinski definition) is 4. The van der Waals surface area contributed by atoms with Gasteiger partial charge in [0.25, 0.3) is 0 Å². The molecule has 0 aliphatic carbocycles. The van der Waals surface area contributed by atoms with Crippen molar-refractivity contribution in [1.29, 1.82) is 0 Å². The highest BCUT2D eigenvalue weighted by Crippen LogP contribution is 2.27. The Balaban J connectivity index is 1.48. The zero-order chi connectivity index (χ0) is 17.6. The summed E-state index contributed by atoms with van der Waals surface area (Å²) in [6.45, 7) is 3.68. The molecule has 0 bridgehead atoms. The highest BCUT2D eigenvalue weighted by molar-refractivity contribution is 5.91. The van der Waals surface area contributed by atoms with Crippen molar-refractivity contribution in [2.45, 2.75) is 44.8 Å². The SMILES string of the molecule is Cc1ccccc1NC(=O)CCN1CCCC1CC(O)c1ccco1. The molecule has 0 spiro atoms. The van der Waals surface area contributed by atoms with Crippen LogP contribution in [0.1, 0.15) is 43.1 Å². The fraction of sp³-hybridized carbons (Fsp3) is 0.450. The Bertz CT molecular complexity index is 684.